The van der Waals surface area contributed by atoms with Gasteiger partial charge in [-0.1, -0.05) is 23.7 Å². The zero-order chi connectivity index (χ0) is 14.7. The highest BCUT2D eigenvalue weighted by Crippen LogP contribution is 2.19. The van der Waals surface area contributed by atoms with Crippen LogP contribution in [0.1, 0.15) is 18.4 Å². The fourth-order valence-corrected chi connectivity index (χ4v) is 2.42. The van der Waals surface area contributed by atoms with Gasteiger partial charge in [0.1, 0.15) is 11.9 Å². The zero-order valence-electron chi connectivity index (χ0n) is 10.6. The lowest BCUT2D eigenvalue weighted by molar-refractivity contribution is -0.141. The third kappa shape index (κ3) is 3.01. The molecule has 1 fully saturated rings. The number of carboxylic acid groups (broad SMARTS) is 1. The van der Waals surface area contributed by atoms with E-state index in [4.69, 9.17) is 16.7 Å². The van der Waals surface area contributed by atoms with Gasteiger partial charge in [-0.2, -0.15) is 0 Å². The highest BCUT2D eigenvalue weighted by atomic mass is 35.5. The maximum absolute atomic E-state index is 13.6. The molecule has 108 valence electrons. The van der Waals surface area contributed by atoms with E-state index in [0.29, 0.717) is 19.4 Å². The van der Waals surface area contributed by atoms with E-state index < -0.39 is 23.9 Å². The van der Waals surface area contributed by atoms with E-state index in [1.54, 1.807) is 6.07 Å². The van der Waals surface area contributed by atoms with Gasteiger partial charge in [0.05, 0.1) is 5.02 Å². The number of nitrogens with zero attached hydrogens (tertiary/aromatic N) is 1. The Kier molecular flexibility index (Phi) is 4.44. The van der Waals surface area contributed by atoms with Gasteiger partial charge in [0.2, 0.25) is 0 Å². The van der Waals surface area contributed by atoms with E-state index >= 15 is 0 Å². The van der Waals surface area contributed by atoms with Gasteiger partial charge in [0.15, 0.2) is 0 Å². The third-order valence-corrected chi connectivity index (χ3v) is 3.55. The first kappa shape index (κ1) is 14.6. The predicted molar refractivity (Wildman–Crippen MR) is 71.0 cm³/mol. The highest BCUT2D eigenvalue weighted by Gasteiger charge is 2.33. The number of carbonyl (C=O) groups is 2. The first-order valence-corrected chi connectivity index (χ1v) is 6.58. The molecule has 0 saturated carbocycles. The highest BCUT2D eigenvalue weighted by molar-refractivity contribution is 6.30. The third-order valence-electron chi connectivity index (χ3n) is 3.26. The summed E-state index contributed by atoms with van der Waals surface area (Å²) in [6.07, 6.45) is 1.09. The van der Waals surface area contributed by atoms with Crippen LogP contribution in [0.4, 0.5) is 9.18 Å². The van der Waals surface area contributed by atoms with Crippen molar-refractivity contribution in [1.29, 1.82) is 0 Å². The van der Waals surface area contributed by atoms with Gasteiger partial charge in [0, 0.05) is 18.7 Å². The van der Waals surface area contributed by atoms with E-state index in [-0.39, 0.29) is 17.1 Å². The van der Waals surface area contributed by atoms with Crippen molar-refractivity contribution >= 4 is 23.6 Å². The number of amides is 2. The van der Waals surface area contributed by atoms with Crippen molar-refractivity contribution < 1.29 is 19.1 Å². The zero-order valence-corrected chi connectivity index (χ0v) is 11.4. The van der Waals surface area contributed by atoms with Crippen LogP contribution in [0.15, 0.2) is 18.2 Å². The average Bonchev–Trinajstić information content (AvgIpc) is 2.89. The van der Waals surface area contributed by atoms with Gasteiger partial charge in [-0.3, -0.25) is 0 Å². The summed E-state index contributed by atoms with van der Waals surface area (Å²) in [4.78, 5) is 24.2. The number of carboxylic acids is 1. The number of halogens is 2. The number of hydrogen-bond acceptors (Lipinski definition) is 2. The molecule has 0 bridgehead atoms. The second kappa shape index (κ2) is 6.09. The van der Waals surface area contributed by atoms with Crippen LogP contribution in [-0.2, 0) is 11.3 Å². The monoisotopic (exact) mass is 300 g/mol. The van der Waals surface area contributed by atoms with Crippen LogP contribution in [-0.4, -0.2) is 34.6 Å². The summed E-state index contributed by atoms with van der Waals surface area (Å²) < 4.78 is 13.6. The Labute approximate surface area is 120 Å². The van der Waals surface area contributed by atoms with Crippen molar-refractivity contribution in [3.8, 4) is 0 Å². The number of aliphatic carboxylic acids is 1. The molecule has 0 spiro atoms. The topological polar surface area (TPSA) is 69.6 Å². The van der Waals surface area contributed by atoms with Crippen LogP contribution < -0.4 is 5.32 Å². The summed E-state index contributed by atoms with van der Waals surface area (Å²) >= 11 is 5.65. The first-order chi connectivity index (χ1) is 9.50. The normalized spacial score (nSPS) is 18.1. The average molecular weight is 301 g/mol. The van der Waals surface area contributed by atoms with Gasteiger partial charge < -0.3 is 15.3 Å². The minimum atomic E-state index is -1.02. The molecule has 1 aromatic carbocycles. The van der Waals surface area contributed by atoms with Crippen molar-refractivity contribution in [3.05, 3.63) is 34.6 Å². The quantitative estimate of drug-likeness (QED) is 0.899. The summed E-state index contributed by atoms with van der Waals surface area (Å²) in [5, 5.41) is 11.5. The van der Waals surface area contributed by atoms with E-state index in [2.05, 4.69) is 5.32 Å². The molecule has 0 aromatic heterocycles. The summed E-state index contributed by atoms with van der Waals surface area (Å²) in [5.41, 5.74) is 0.261. The lowest BCUT2D eigenvalue weighted by Crippen LogP contribution is -2.45. The van der Waals surface area contributed by atoms with Gasteiger partial charge in [0.25, 0.3) is 0 Å². The SMILES string of the molecule is O=C(O)[C@@H]1CCCN1C(=O)NCc1cccc(Cl)c1F. The molecule has 2 amide bonds. The van der Waals surface area contributed by atoms with Crippen molar-refractivity contribution in [1.82, 2.24) is 10.2 Å². The first-order valence-electron chi connectivity index (χ1n) is 6.21. The lowest BCUT2D eigenvalue weighted by atomic mass is 10.2. The summed E-state index contributed by atoms with van der Waals surface area (Å²) in [6.45, 7) is 0.356. The molecular formula is C13H14ClFN2O3. The molecule has 0 radical (unpaired) electrons. The minimum Gasteiger partial charge on any atom is -0.480 e. The van der Waals surface area contributed by atoms with E-state index in [9.17, 15) is 14.0 Å². The van der Waals surface area contributed by atoms with Crippen LogP contribution in [0.2, 0.25) is 5.02 Å². The Hall–Kier alpha value is -1.82. The molecule has 20 heavy (non-hydrogen) atoms. The molecule has 0 unspecified atom stereocenters. The molecule has 0 aliphatic carbocycles. The van der Waals surface area contributed by atoms with Gasteiger partial charge in [-0.25, -0.2) is 14.0 Å². The maximum atomic E-state index is 13.6. The summed E-state index contributed by atoms with van der Waals surface area (Å²) in [6, 6.07) is 3.21. The Bertz CT molecular complexity index is 538. The van der Waals surface area contributed by atoms with Crippen molar-refractivity contribution in [2.45, 2.75) is 25.4 Å². The number of benzene rings is 1. The number of urea groups is 1. The van der Waals surface area contributed by atoms with E-state index in [1.807, 2.05) is 0 Å². The van der Waals surface area contributed by atoms with Crippen molar-refractivity contribution in [2.75, 3.05) is 6.54 Å². The van der Waals surface area contributed by atoms with Crippen LogP contribution in [0.25, 0.3) is 0 Å². The number of rotatable bonds is 3. The fourth-order valence-electron chi connectivity index (χ4n) is 2.22. The van der Waals surface area contributed by atoms with Crippen LogP contribution >= 0.6 is 11.6 Å². The largest absolute Gasteiger partial charge is 0.480 e. The molecule has 1 aromatic rings. The maximum Gasteiger partial charge on any atom is 0.326 e. The molecule has 1 aliphatic heterocycles. The molecular weight excluding hydrogens is 287 g/mol. The molecule has 5 nitrogen and oxygen atoms in total. The standard InChI is InChI=1S/C13H14ClFN2O3/c14-9-4-1-3-8(11(9)15)7-16-13(20)17-6-2-5-10(17)12(18)19/h1,3-4,10H,2,5-7H2,(H,16,20)(H,18,19)/t10-/m0/s1. The molecule has 1 saturated heterocycles. The molecule has 2 rings (SSSR count). The number of carbonyl (C=O) groups excluding carboxylic acids is 1. The fraction of sp³-hybridized carbons (Fsp3) is 0.385. The number of nitrogens with one attached hydrogen (secondary N) is 1. The van der Waals surface area contributed by atoms with Gasteiger partial charge in [-0.15, -0.1) is 0 Å². The Morgan fingerprint density at radius 1 is 1.50 bits per heavy atom. The molecule has 2 N–H and O–H groups in total. The van der Waals surface area contributed by atoms with Crippen LogP contribution in [0.3, 0.4) is 0 Å². The second-order valence-corrected chi connectivity index (χ2v) is 4.97. The Morgan fingerprint density at radius 3 is 2.95 bits per heavy atom. The molecule has 7 heteroatoms. The predicted octanol–water partition coefficient (Wildman–Crippen LogP) is 2.24. The van der Waals surface area contributed by atoms with Crippen LogP contribution in [0.5, 0.6) is 0 Å². The smallest absolute Gasteiger partial charge is 0.326 e. The second-order valence-electron chi connectivity index (χ2n) is 4.56. The van der Waals surface area contributed by atoms with Gasteiger partial charge >= 0.3 is 12.0 Å². The summed E-state index contributed by atoms with van der Waals surface area (Å²) in [5.74, 6) is -1.60. The number of hydrogen-bond donors (Lipinski definition) is 2. The van der Waals surface area contributed by atoms with E-state index in [1.165, 1.54) is 17.0 Å². The van der Waals surface area contributed by atoms with Crippen molar-refractivity contribution in [2.24, 2.45) is 0 Å². The van der Waals surface area contributed by atoms with Gasteiger partial charge in [-0.05, 0) is 18.9 Å². The summed E-state index contributed by atoms with van der Waals surface area (Å²) in [7, 11) is 0. The van der Waals surface area contributed by atoms with Crippen molar-refractivity contribution in [3.63, 3.8) is 0 Å². The minimum absolute atomic E-state index is 0.0127. The van der Waals surface area contributed by atoms with E-state index in [0.717, 1.165) is 0 Å². The number of likely N-dealkylation sites (tertiary alicyclic amines) is 1. The molecule has 1 heterocycles. The van der Waals surface area contributed by atoms with Crippen LogP contribution in [0, 0.1) is 5.82 Å². The lowest BCUT2D eigenvalue weighted by Gasteiger charge is -2.21. The molecule has 1 aliphatic rings. The molecule has 1 atom stereocenters. The Morgan fingerprint density at radius 2 is 2.25 bits per heavy atom. The Balaban J connectivity index is 1.98.